The Morgan fingerprint density at radius 1 is 1.26 bits per heavy atom. The molecular formula is C13H19N3O3. The van der Waals surface area contributed by atoms with E-state index in [1.807, 2.05) is 0 Å². The summed E-state index contributed by atoms with van der Waals surface area (Å²) in [5.41, 5.74) is 0.678. The molecular weight excluding hydrogens is 246 g/mol. The Morgan fingerprint density at radius 2 is 2.05 bits per heavy atom. The quantitative estimate of drug-likeness (QED) is 0.622. The smallest absolute Gasteiger partial charge is 0.238 e. The Labute approximate surface area is 112 Å². The van der Waals surface area contributed by atoms with Crippen molar-refractivity contribution >= 4 is 17.5 Å². The number of amides is 2. The van der Waals surface area contributed by atoms with Crippen molar-refractivity contribution in [1.29, 1.82) is 0 Å². The van der Waals surface area contributed by atoms with Crippen LogP contribution in [0.1, 0.15) is 6.42 Å². The molecule has 0 aromatic heterocycles. The molecule has 0 radical (unpaired) electrons. The fraction of sp³-hybridized carbons (Fsp3) is 0.385. The van der Waals surface area contributed by atoms with Crippen molar-refractivity contribution in [3.05, 3.63) is 24.3 Å². The lowest BCUT2D eigenvalue weighted by Crippen LogP contribution is -2.31. The molecule has 0 aliphatic rings. The standard InChI is InChI=1S/C13H19N3O3/c1-14-12(17)6-7-15-9-13(18)16-10-4-3-5-11(8-10)19-2/h3-5,8,15H,6-7,9H2,1-2H3,(H,14,17)(H,16,18). The van der Waals surface area contributed by atoms with Gasteiger partial charge in [-0.15, -0.1) is 0 Å². The first kappa shape index (κ1) is 15.0. The van der Waals surface area contributed by atoms with Gasteiger partial charge in [-0.1, -0.05) is 6.07 Å². The molecule has 0 heterocycles. The van der Waals surface area contributed by atoms with E-state index in [0.29, 0.717) is 24.4 Å². The molecule has 3 N–H and O–H groups in total. The highest BCUT2D eigenvalue weighted by Gasteiger charge is 2.03. The van der Waals surface area contributed by atoms with Gasteiger partial charge in [0.05, 0.1) is 13.7 Å². The number of carbonyl (C=O) groups is 2. The number of benzene rings is 1. The summed E-state index contributed by atoms with van der Waals surface area (Å²) in [6.07, 6.45) is 0.350. The minimum Gasteiger partial charge on any atom is -0.497 e. The van der Waals surface area contributed by atoms with Crippen LogP contribution >= 0.6 is 0 Å². The maximum atomic E-state index is 11.6. The minimum atomic E-state index is -0.162. The number of methoxy groups -OCH3 is 1. The van der Waals surface area contributed by atoms with Gasteiger partial charge in [-0.3, -0.25) is 9.59 Å². The number of anilines is 1. The molecule has 0 saturated carbocycles. The lowest BCUT2D eigenvalue weighted by molar-refractivity contribution is -0.121. The van der Waals surface area contributed by atoms with Gasteiger partial charge in [0.2, 0.25) is 11.8 Å². The van der Waals surface area contributed by atoms with Crippen LogP contribution in [0, 0.1) is 0 Å². The SMILES string of the molecule is CNC(=O)CCNCC(=O)Nc1cccc(OC)c1. The summed E-state index contributed by atoms with van der Waals surface area (Å²) in [7, 11) is 3.15. The topological polar surface area (TPSA) is 79.5 Å². The van der Waals surface area contributed by atoms with Crippen LogP contribution < -0.4 is 20.7 Å². The van der Waals surface area contributed by atoms with E-state index < -0.39 is 0 Å². The van der Waals surface area contributed by atoms with Gasteiger partial charge in [0, 0.05) is 31.8 Å². The van der Waals surface area contributed by atoms with Crippen LogP contribution in [0.2, 0.25) is 0 Å². The van der Waals surface area contributed by atoms with E-state index in [1.54, 1.807) is 38.4 Å². The first-order valence-corrected chi connectivity index (χ1v) is 6.01. The zero-order valence-corrected chi connectivity index (χ0v) is 11.2. The molecule has 0 saturated heterocycles. The van der Waals surface area contributed by atoms with E-state index in [4.69, 9.17) is 4.74 Å². The van der Waals surface area contributed by atoms with Crippen molar-refractivity contribution in [1.82, 2.24) is 10.6 Å². The van der Waals surface area contributed by atoms with Gasteiger partial charge < -0.3 is 20.7 Å². The third kappa shape index (κ3) is 5.87. The fourth-order valence-electron chi connectivity index (χ4n) is 1.43. The third-order valence-corrected chi connectivity index (χ3v) is 2.45. The van der Waals surface area contributed by atoms with Gasteiger partial charge in [-0.05, 0) is 12.1 Å². The van der Waals surface area contributed by atoms with Crippen molar-refractivity contribution < 1.29 is 14.3 Å². The Kier molecular flexibility index (Phi) is 6.38. The maximum Gasteiger partial charge on any atom is 0.238 e. The molecule has 1 aromatic rings. The van der Waals surface area contributed by atoms with Crippen LogP contribution in [0.15, 0.2) is 24.3 Å². The second kappa shape index (κ2) is 8.10. The molecule has 0 aliphatic heterocycles. The number of ether oxygens (including phenoxy) is 1. The van der Waals surface area contributed by atoms with Crippen molar-refractivity contribution in [2.45, 2.75) is 6.42 Å². The van der Waals surface area contributed by atoms with Gasteiger partial charge in [-0.2, -0.15) is 0 Å². The van der Waals surface area contributed by atoms with Gasteiger partial charge in [0.1, 0.15) is 5.75 Å². The van der Waals surface area contributed by atoms with Crippen molar-refractivity contribution in [2.75, 3.05) is 32.6 Å². The van der Waals surface area contributed by atoms with E-state index in [0.717, 1.165) is 0 Å². The van der Waals surface area contributed by atoms with Gasteiger partial charge in [0.25, 0.3) is 0 Å². The highest BCUT2D eigenvalue weighted by Crippen LogP contribution is 2.16. The first-order chi connectivity index (χ1) is 9.15. The van der Waals surface area contributed by atoms with E-state index in [1.165, 1.54) is 0 Å². The lowest BCUT2D eigenvalue weighted by atomic mass is 10.3. The Hall–Kier alpha value is -2.08. The van der Waals surface area contributed by atoms with E-state index in [9.17, 15) is 9.59 Å². The maximum absolute atomic E-state index is 11.6. The van der Waals surface area contributed by atoms with Crippen molar-refractivity contribution in [2.24, 2.45) is 0 Å². The van der Waals surface area contributed by atoms with E-state index in [-0.39, 0.29) is 18.4 Å². The monoisotopic (exact) mass is 265 g/mol. The summed E-state index contributed by atoms with van der Waals surface area (Å²) in [5, 5.41) is 8.14. The van der Waals surface area contributed by atoms with Crippen molar-refractivity contribution in [3.8, 4) is 5.75 Å². The number of hydrogen-bond acceptors (Lipinski definition) is 4. The molecule has 0 unspecified atom stereocenters. The molecule has 0 spiro atoms. The van der Waals surface area contributed by atoms with E-state index in [2.05, 4.69) is 16.0 Å². The molecule has 0 bridgehead atoms. The van der Waals surface area contributed by atoms with E-state index >= 15 is 0 Å². The van der Waals surface area contributed by atoms with Gasteiger partial charge in [-0.25, -0.2) is 0 Å². The number of carbonyl (C=O) groups excluding carboxylic acids is 2. The Morgan fingerprint density at radius 3 is 2.74 bits per heavy atom. The Bertz CT molecular complexity index is 435. The highest BCUT2D eigenvalue weighted by atomic mass is 16.5. The fourth-order valence-corrected chi connectivity index (χ4v) is 1.43. The Balaban J connectivity index is 2.28. The zero-order chi connectivity index (χ0) is 14.1. The highest BCUT2D eigenvalue weighted by molar-refractivity contribution is 5.92. The first-order valence-electron chi connectivity index (χ1n) is 6.01. The van der Waals surface area contributed by atoms with Crippen LogP contribution in [0.25, 0.3) is 0 Å². The molecule has 0 atom stereocenters. The largest absolute Gasteiger partial charge is 0.497 e. The summed E-state index contributed by atoms with van der Waals surface area (Å²) in [5.74, 6) is 0.469. The predicted octanol–water partition coefficient (Wildman–Crippen LogP) is 0.359. The number of nitrogens with one attached hydrogen (secondary N) is 3. The van der Waals surface area contributed by atoms with Gasteiger partial charge in [0.15, 0.2) is 0 Å². The molecule has 19 heavy (non-hydrogen) atoms. The molecule has 6 heteroatoms. The number of hydrogen-bond donors (Lipinski definition) is 3. The average Bonchev–Trinajstić information content (AvgIpc) is 2.43. The average molecular weight is 265 g/mol. The molecule has 2 amide bonds. The minimum absolute atomic E-state index is 0.0549. The van der Waals surface area contributed by atoms with Crippen LogP contribution in [0.5, 0.6) is 5.75 Å². The summed E-state index contributed by atoms with van der Waals surface area (Å²) < 4.78 is 5.06. The second-order valence-electron chi connectivity index (χ2n) is 3.88. The number of rotatable bonds is 7. The molecule has 1 rings (SSSR count). The van der Waals surface area contributed by atoms with Gasteiger partial charge >= 0.3 is 0 Å². The third-order valence-electron chi connectivity index (χ3n) is 2.45. The van der Waals surface area contributed by atoms with Crippen LogP contribution in [-0.2, 0) is 9.59 Å². The molecule has 104 valence electrons. The summed E-state index contributed by atoms with van der Waals surface area (Å²) in [4.78, 5) is 22.6. The van der Waals surface area contributed by atoms with Crippen molar-refractivity contribution in [3.63, 3.8) is 0 Å². The molecule has 1 aromatic carbocycles. The molecule has 6 nitrogen and oxygen atoms in total. The summed E-state index contributed by atoms with van der Waals surface area (Å²) in [6, 6.07) is 7.12. The normalized spacial score (nSPS) is 9.79. The predicted molar refractivity (Wildman–Crippen MR) is 73.2 cm³/mol. The molecule has 0 aliphatic carbocycles. The second-order valence-corrected chi connectivity index (χ2v) is 3.88. The van der Waals surface area contributed by atoms with Crippen LogP contribution in [-0.4, -0.2) is 39.1 Å². The molecule has 0 fully saturated rings. The summed E-state index contributed by atoms with van der Waals surface area (Å²) >= 11 is 0. The lowest BCUT2D eigenvalue weighted by Gasteiger charge is -2.07. The van der Waals surface area contributed by atoms with Crippen LogP contribution in [0.4, 0.5) is 5.69 Å². The van der Waals surface area contributed by atoms with Crippen LogP contribution in [0.3, 0.4) is 0 Å². The summed E-state index contributed by atoms with van der Waals surface area (Å²) in [6.45, 7) is 0.624. The zero-order valence-electron chi connectivity index (χ0n) is 11.2.